The van der Waals surface area contributed by atoms with Gasteiger partial charge in [-0.05, 0) is 98.8 Å². The topological polar surface area (TPSA) is 209 Å². The van der Waals surface area contributed by atoms with Gasteiger partial charge in [0.1, 0.15) is 11.1 Å². The first-order chi connectivity index (χ1) is 38.1. The number of pyridine rings is 2. The van der Waals surface area contributed by atoms with Crippen molar-refractivity contribution in [2.24, 2.45) is 0 Å². The normalized spacial score (nSPS) is 15.7. The van der Waals surface area contributed by atoms with Crippen LogP contribution in [0, 0.1) is 36.5 Å². The van der Waals surface area contributed by atoms with E-state index in [0.717, 1.165) is 84.8 Å². The number of alkyl halides is 6. The van der Waals surface area contributed by atoms with Crippen molar-refractivity contribution in [2.45, 2.75) is 45.8 Å². The van der Waals surface area contributed by atoms with Crippen molar-refractivity contribution in [3.05, 3.63) is 175 Å². The van der Waals surface area contributed by atoms with Gasteiger partial charge in [-0.15, -0.1) is 0 Å². The fourth-order valence-electron chi connectivity index (χ4n) is 9.49. The summed E-state index contributed by atoms with van der Waals surface area (Å²) in [6.45, 7) is 11.5. The zero-order chi connectivity index (χ0) is 57.5. The Labute approximate surface area is 462 Å². The molecule has 8 rings (SSSR count). The van der Waals surface area contributed by atoms with E-state index in [-0.39, 0.29) is 55.4 Å². The van der Waals surface area contributed by atoms with Gasteiger partial charge in [0.05, 0.1) is 45.8 Å². The quantitative estimate of drug-likeness (QED) is 0.0783. The van der Waals surface area contributed by atoms with E-state index in [1.54, 1.807) is 0 Å². The molecule has 2 amide bonds. The Morgan fingerprint density at radius 3 is 1.16 bits per heavy atom. The first-order valence-corrected chi connectivity index (χ1v) is 27.6. The molecule has 2 aliphatic heterocycles. The Hall–Kier alpha value is -7.26. The molecule has 4 heterocycles. The molecule has 0 spiro atoms. The van der Waals surface area contributed by atoms with E-state index in [1.165, 1.54) is 86.6 Å². The molecule has 2 aromatic heterocycles. The molecule has 2 N–H and O–H groups in total. The van der Waals surface area contributed by atoms with Gasteiger partial charge >= 0.3 is 12.4 Å². The van der Waals surface area contributed by atoms with Crippen molar-refractivity contribution in [3.63, 3.8) is 0 Å². The second kappa shape index (κ2) is 25.5. The fourth-order valence-corrected chi connectivity index (χ4v) is 11.9. The molecule has 418 valence electrons. The van der Waals surface area contributed by atoms with Crippen molar-refractivity contribution in [1.82, 2.24) is 39.4 Å². The number of aromatic nitrogens is 2. The minimum atomic E-state index is -4.72. The summed E-state index contributed by atoms with van der Waals surface area (Å²) in [7, 11) is 0. The monoisotopic (exact) mass is 1140 g/mol. The van der Waals surface area contributed by atoms with Gasteiger partial charge in [0.2, 0.25) is 0 Å². The van der Waals surface area contributed by atoms with Crippen LogP contribution in [0.5, 0.6) is 0 Å². The standard InChI is InChI=1S/C56H54F6N10O6S2/c1-37-49(79(77)45-13-9-39(35-63)10-14-45)33-47(53(75)71(37)43-7-3-5-41(31-43)55(57,58)59)51(73)65-17-19-67-21-25-69(26-22-67)29-30-70-27-23-68(24-28-70)20-18-66-52(74)48-34-50(80(78)46-15-11-40(36-64)12-16-46)38(2)72(54(48)76)44-8-4-6-42(32-44)56(60,61)62/h3-16,31-34H,17-30H2,1-2H3,(H,65,73)(H,66,74). The summed E-state index contributed by atoms with van der Waals surface area (Å²) in [6.07, 6.45) is -9.44. The summed E-state index contributed by atoms with van der Waals surface area (Å²) >= 11 is -3.99. The Morgan fingerprint density at radius 1 is 0.525 bits per heavy atom. The maximum atomic E-state index is 14.0. The van der Waals surface area contributed by atoms with Gasteiger partial charge in [0.25, 0.3) is 22.9 Å². The molecular weight excluding hydrogens is 1090 g/mol. The predicted octanol–water partition coefficient (Wildman–Crippen LogP) is 6.11. The first kappa shape index (κ1) is 58.9. The number of nitriles is 2. The third-order valence-electron chi connectivity index (χ3n) is 14.0. The lowest BCUT2D eigenvalue weighted by Crippen LogP contribution is -2.52. The van der Waals surface area contributed by atoms with E-state index in [9.17, 15) is 65.1 Å². The number of carbonyl (C=O) groups is 2. The number of nitrogens with one attached hydrogen (secondary N) is 2. The Morgan fingerprint density at radius 2 is 0.850 bits per heavy atom. The third-order valence-corrected chi connectivity index (χ3v) is 17.1. The maximum Gasteiger partial charge on any atom is 0.416 e. The number of benzene rings is 4. The molecule has 2 atom stereocenters. The molecule has 0 aliphatic carbocycles. The highest BCUT2D eigenvalue weighted by atomic mass is 32.2. The predicted molar refractivity (Wildman–Crippen MR) is 286 cm³/mol. The molecule has 4 aromatic carbocycles. The largest absolute Gasteiger partial charge is 0.606 e. The van der Waals surface area contributed by atoms with E-state index < -0.39 is 79.9 Å². The highest BCUT2D eigenvalue weighted by molar-refractivity contribution is 7.91. The van der Waals surface area contributed by atoms with Crippen LogP contribution in [-0.2, 0) is 34.7 Å². The third kappa shape index (κ3) is 13.8. The van der Waals surface area contributed by atoms with Crippen molar-refractivity contribution in [2.75, 3.05) is 91.6 Å². The molecule has 0 bridgehead atoms. The number of halogens is 6. The molecule has 80 heavy (non-hydrogen) atoms. The second-order valence-electron chi connectivity index (χ2n) is 19.1. The molecule has 2 fully saturated rings. The Balaban J connectivity index is 0.814. The van der Waals surface area contributed by atoms with Crippen LogP contribution in [0.15, 0.2) is 138 Å². The van der Waals surface area contributed by atoms with Crippen LogP contribution >= 0.6 is 0 Å². The van der Waals surface area contributed by atoms with E-state index in [1.807, 2.05) is 12.1 Å². The molecule has 0 saturated carbocycles. The minimum absolute atomic E-state index is 0.0318. The fraction of sp³-hybridized carbons (Fsp3) is 0.321. The van der Waals surface area contributed by atoms with E-state index >= 15 is 0 Å². The molecule has 6 aromatic rings. The molecule has 16 nitrogen and oxygen atoms in total. The van der Waals surface area contributed by atoms with E-state index in [2.05, 4.69) is 30.2 Å². The van der Waals surface area contributed by atoms with Gasteiger partial charge in [-0.3, -0.25) is 47.9 Å². The van der Waals surface area contributed by atoms with E-state index in [0.29, 0.717) is 50.4 Å². The van der Waals surface area contributed by atoms with Gasteiger partial charge in [-0.1, -0.05) is 12.1 Å². The van der Waals surface area contributed by atoms with Crippen LogP contribution in [0.2, 0.25) is 0 Å². The highest BCUT2D eigenvalue weighted by Gasteiger charge is 2.34. The lowest BCUT2D eigenvalue weighted by atomic mass is 10.1. The number of hydrogen-bond donors (Lipinski definition) is 2. The lowest BCUT2D eigenvalue weighted by Gasteiger charge is -2.38. The van der Waals surface area contributed by atoms with Crippen molar-refractivity contribution < 1.29 is 45.0 Å². The Bertz CT molecular complexity index is 3210. The van der Waals surface area contributed by atoms with Crippen LogP contribution < -0.4 is 21.8 Å². The van der Waals surface area contributed by atoms with Crippen molar-refractivity contribution in [3.8, 4) is 23.5 Å². The Kier molecular flexibility index (Phi) is 18.7. The zero-order valence-electron chi connectivity index (χ0n) is 43.4. The zero-order valence-corrected chi connectivity index (χ0v) is 45.0. The van der Waals surface area contributed by atoms with Gasteiger partial charge < -0.3 is 19.7 Å². The molecule has 2 saturated heterocycles. The highest BCUT2D eigenvalue weighted by Crippen LogP contribution is 2.33. The van der Waals surface area contributed by atoms with Gasteiger partial charge in [0, 0.05) is 137 Å². The summed E-state index contributed by atoms with van der Waals surface area (Å²) in [4.78, 5) is 64.9. The van der Waals surface area contributed by atoms with Crippen molar-refractivity contribution in [1.29, 1.82) is 10.5 Å². The average molecular weight is 1140 g/mol. The molecule has 2 aliphatic rings. The SMILES string of the molecule is Cc1c([S+]([O-])c2ccc(C#N)cc2)cc(C(=O)NCCN2CCN(CCN3CCN(CCNC(=O)c4cc([S+]([O-])c5ccc(C#N)cc5)c(C)n(-c5cccc(C(F)(F)F)c5)c4=O)CC3)CC2)c(=O)n1-c1cccc(C(F)(F)F)c1. The van der Waals surface area contributed by atoms with Crippen LogP contribution in [0.3, 0.4) is 0 Å². The van der Waals surface area contributed by atoms with Crippen LogP contribution in [0.1, 0.15) is 54.4 Å². The van der Waals surface area contributed by atoms with Gasteiger partial charge in [0.15, 0.2) is 19.6 Å². The van der Waals surface area contributed by atoms with Crippen LogP contribution in [0.4, 0.5) is 26.3 Å². The average Bonchev–Trinajstić information content (AvgIpc) is 3.56. The lowest BCUT2D eigenvalue weighted by molar-refractivity contribution is -0.138. The van der Waals surface area contributed by atoms with Crippen molar-refractivity contribution >= 4 is 34.2 Å². The summed E-state index contributed by atoms with van der Waals surface area (Å²) in [5, 5.41) is 24.0. The molecule has 24 heteroatoms. The number of hydrogen-bond acceptors (Lipinski definition) is 12. The van der Waals surface area contributed by atoms with Gasteiger partial charge in [-0.2, -0.15) is 36.9 Å². The summed E-state index contributed by atoms with van der Waals surface area (Å²) < 4.78 is 112. The number of amides is 2. The summed E-state index contributed by atoms with van der Waals surface area (Å²) in [5.41, 5.74) is -4.15. The number of carbonyl (C=O) groups excluding carboxylic acids is 2. The molecule has 0 radical (unpaired) electrons. The van der Waals surface area contributed by atoms with Gasteiger partial charge in [-0.25, -0.2) is 0 Å². The smallest absolute Gasteiger partial charge is 0.416 e. The molecular formula is C56H54F6N10O6S2. The summed E-state index contributed by atoms with van der Waals surface area (Å²) in [6, 6.07) is 26.3. The number of nitrogens with zero attached hydrogens (tertiary/aromatic N) is 8. The molecule has 2 unspecified atom stereocenters. The van der Waals surface area contributed by atoms with E-state index in [4.69, 9.17) is 0 Å². The first-order valence-electron chi connectivity index (χ1n) is 25.3. The number of rotatable bonds is 17. The second-order valence-corrected chi connectivity index (χ2v) is 22.0. The summed E-state index contributed by atoms with van der Waals surface area (Å²) in [5.74, 6) is -1.56. The number of piperazine rings is 2. The maximum absolute atomic E-state index is 14.0. The van der Waals surface area contributed by atoms with Crippen LogP contribution in [0.25, 0.3) is 11.4 Å². The van der Waals surface area contributed by atoms with Crippen LogP contribution in [-0.4, -0.2) is 141 Å². The minimum Gasteiger partial charge on any atom is -0.606 e.